The van der Waals surface area contributed by atoms with Gasteiger partial charge in [0.05, 0.1) is 6.04 Å². The smallest absolute Gasteiger partial charge is 0.520 e. The van der Waals surface area contributed by atoms with Crippen LogP contribution in [0.25, 0.3) is 0 Å². The van der Waals surface area contributed by atoms with E-state index in [1.807, 2.05) is 12.5 Å². The summed E-state index contributed by atoms with van der Waals surface area (Å²) in [6, 6.07) is 6.00. The number of likely N-dealkylation sites (tertiary alicyclic amines) is 1. The van der Waals surface area contributed by atoms with E-state index in [0.29, 0.717) is 32.5 Å². The van der Waals surface area contributed by atoms with E-state index in [1.54, 1.807) is 4.90 Å². The zero-order valence-electron chi connectivity index (χ0n) is 19.4. The van der Waals surface area contributed by atoms with Crippen LogP contribution in [0.5, 0.6) is 5.75 Å². The van der Waals surface area contributed by atoms with Gasteiger partial charge in [-0.15, -0.1) is 0 Å². The Morgan fingerprint density at radius 3 is 2.38 bits per heavy atom. The van der Waals surface area contributed by atoms with Crippen LogP contribution in [0.4, 0.5) is 0 Å². The maximum atomic E-state index is 12.2. The fourth-order valence-electron chi connectivity index (χ4n) is 4.35. The quantitative estimate of drug-likeness (QED) is 0.396. The van der Waals surface area contributed by atoms with Crippen LogP contribution in [-0.4, -0.2) is 53.3 Å². The fraction of sp³-hybridized carbons (Fsp3) is 0.583. The standard InChI is InChI=1S/C20H24N3O4.C4H9.U/c1-13-17-3-2-16(27-15-6-8-22(12-24)9-7-15)10-14(17)11-23(13)18-4-5-19(25)21-20(18)26;1-4(2)3;/h2-3,10,13,15,18H,4-9,11H2,1H3,(H,21,25,26);1-3H3;/q2*-1;+2. The Hall–Kier alpha value is -1.36. The fourth-order valence-corrected chi connectivity index (χ4v) is 4.35. The van der Waals surface area contributed by atoms with E-state index in [9.17, 15) is 14.4 Å². The number of carbonyl (C=O) groups is 2. The van der Waals surface area contributed by atoms with E-state index in [-0.39, 0.29) is 61.1 Å². The average Bonchev–Trinajstić information content (AvgIpc) is 3.04. The van der Waals surface area contributed by atoms with Crippen LogP contribution in [0.1, 0.15) is 70.5 Å². The van der Waals surface area contributed by atoms with Crippen LogP contribution < -0.4 is 10.1 Å². The number of nitrogens with one attached hydrogen (secondary N) is 1. The van der Waals surface area contributed by atoms with Gasteiger partial charge in [-0.3, -0.25) is 19.8 Å². The number of hydrogen-bond donors (Lipinski definition) is 1. The number of nitrogens with zero attached hydrogens (tertiary/aromatic N) is 2. The van der Waals surface area contributed by atoms with Crippen molar-refractivity contribution in [3.8, 4) is 5.75 Å². The first kappa shape index (κ1) is 26.9. The first-order valence-corrected chi connectivity index (χ1v) is 11.1. The van der Waals surface area contributed by atoms with Crippen molar-refractivity contribution in [2.75, 3.05) is 13.1 Å². The van der Waals surface area contributed by atoms with Gasteiger partial charge in [0.2, 0.25) is 11.8 Å². The van der Waals surface area contributed by atoms with Crippen LogP contribution in [0.15, 0.2) is 18.2 Å². The van der Waals surface area contributed by atoms with E-state index in [4.69, 9.17) is 4.74 Å². The number of carbonyl (C=O) groups excluding carboxylic acids is 3. The van der Waals surface area contributed by atoms with Crippen LogP contribution >= 0.6 is 0 Å². The topological polar surface area (TPSA) is 79.0 Å². The number of piperidine rings is 2. The molecule has 0 bridgehead atoms. The first-order valence-electron chi connectivity index (χ1n) is 11.1. The Morgan fingerprint density at radius 2 is 1.78 bits per heavy atom. The number of hydrogen-bond acceptors (Lipinski definition) is 5. The summed E-state index contributed by atoms with van der Waals surface area (Å²) in [6.07, 6.45) is 4.63. The number of rotatable bonds is 4. The van der Waals surface area contributed by atoms with Crippen molar-refractivity contribution >= 4 is 18.2 Å². The molecule has 2 unspecified atom stereocenters. The summed E-state index contributed by atoms with van der Waals surface area (Å²) in [5.41, 5.74) is 2.38. The molecule has 0 aliphatic carbocycles. The minimum atomic E-state index is -0.265. The summed E-state index contributed by atoms with van der Waals surface area (Å²) >= 11 is 0. The van der Waals surface area contributed by atoms with Gasteiger partial charge in [0.1, 0.15) is 11.9 Å². The molecule has 1 N–H and O–H groups in total. The van der Waals surface area contributed by atoms with Gasteiger partial charge >= 0.3 is 31.1 Å². The molecule has 3 amide bonds. The molecule has 0 spiro atoms. The Labute approximate surface area is 215 Å². The molecule has 8 heteroatoms. The van der Waals surface area contributed by atoms with Gasteiger partial charge in [-0.2, -0.15) is 27.2 Å². The summed E-state index contributed by atoms with van der Waals surface area (Å²) in [5, 5.41) is 2.45. The van der Waals surface area contributed by atoms with E-state index < -0.39 is 0 Å². The predicted molar refractivity (Wildman–Crippen MR) is 118 cm³/mol. The summed E-state index contributed by atoms with van der Waals surface area (Å²) in [6.45, 7) is 10.4. The van der Waals surface area contributed by atoms with Crippen LogP contribution in [-0.2, 0) is 20.9 Å². The molecule has 0 aromatic heterocycles. The van der Waals surface area contributed by atoms with Crippen molar-refractivity contribution in [3.05, 3.63) is 35.2 Å². The summed E-state index contributed by atoms with van der Waals surface area (Å²) in [5.74, 6) is 1.87. The molecule has 2 fully saturated rings. The number of amides is 3. The molecular formula is C24H33N3O4U. The van der Waals surface area contributed by atoms with Crippen molar-refractivity contribution in [1.29, 1.82) is 0 Å². The first-order chi connectivity index (χ1) is 14.8. The number of benzene rings is 1. The third-order valence-corrected chi connectivity index (χ3v) is 5.90. The molecule has 3 aliphatic heterocycles. The van der Waals surface area contributed by atoms with Gasteiger partial charge in [-0.05, 0) is 62.5 Å². The molecule has 7 nitrogen and oxygen atoms in total. The van der Waals surface area contributed by atoms with Crippen molar-refractivity contribution in [3.63, 3.8) is 0 Å². The normalized spacial score (nSPS) is 23.6. The SMILES string of the molecule is CC1c2ccc(OC3CCN([C-]=O)CC3)cc2CN1C1CCC(=O)NC1=O.C[C-](C)C.[U+2]. The van der Waals surface area contributed by atoms with Gasteiger partial charge in [-0.25, -0.2) is 0 Å². The minimum Gasteiger partial charge on any atom is -0.520 e. The zero-order valence-corrected chi connectivity index (χ0v) is 23.6. The molecule has 0 radical (unpaired) electrons. The number of ether oxygens (including phenoxy) is 1. The van der Waals surface area contributed by atoms with Gasteiger partial charge in [0.25, 0.3) is 0 Å². The summed E-state index contributed by atoms with van der Waals surface area (Å²) < 4.78 is 6.13. The Kier molecular flexibility index (Phi) is 10.3. The van der Waals surface area contributed by atoms with Crippen LogP contribution in [0, 0.1) is 37.0 Å². The maximum absolute atomic E-state index is 12.2. The second-order valence-electron chi connectivity index (χ2n) is 9.07. The average molecular weight is 666 g/mol. The van der Waals surface area contributed by atoms with E-state index in [2.05, 4.69) is 50.0 Å². The summed E-state index contributed by atoms with van der Waals surface area (Å²) in [7, 11) is 0. The second kappa shape index (κ2) is 12.2. The molecule has 1 aromatic rings. The minimum absolute atomic E-state index is 0. The predicted octanol–water partition coefficient (Wildman–Crippen LogP) is 2.90. The van der Waals surface area contributed by atoms with Crippen molar-refractivity contribution < 1.29 is 50.2 Å². The van der Waals surface area contributed by atoms with Crippen LogP contribution in [0.2, 0.25) is 0 Å². The van der Waals surface area contributed by atoms with Gasteiger partial charge in [0.15, 0.2) is 0 Å². The third-order valence-electron chi connectivity index (χ3n) is 5.90. The van der Waals surface area contributed by atoms with E-state index >= 15 is 0 Å². The van der Waals surface area contributed by atoms with E-state index in [1.165, 1.54) is 17.0 Å². The molecule has 0 saturated carbocycles. The second-order valence-corrected chi connectivity index (χ2v) is 9.07. The number of imide groups is 1. The van der Waals surface area contributed by atoms with Crippen LogP contribution in [0.3, 0.4) is 0 Å². The molecule has 172 valence electrons. The Bertz CT molecular complexity index is 806. The molecule has 4 rings (SSSR count). The van der Waals surface area contributed by atoms with Crippen molar-refractivity contribution in [2.45, 2.75) is 78.1 Å². The van der Waals surface area contributed by atoms with E-state index in [0.717, 1.165) is 18.6 Å². The molecular weight excluding hydrogens is 632 g/mol. The van der Waals surface area contributed by atoms with Gasteiger partial charge in [0, 0.05) is 19.0 Å². The molecule has 2 saturated heterocycles. The van der Waals surface area contributed by atoms with Gasteiger partial charge < -0.3 is 20.3 Å². The monoisotopic (exact) mass is 665 g/mol. The van der Waals surface area contributed by atoms with Gasteiger partial charge in [-0.1, -0.05) is 6.07 Å². The number of fused-ring (bicyclic) bond motifs is 1. The van der Waals surface area contributed by atoms with Crippen molar-refractivity contribution in [1.82, 2.24) is 15.1 Å². The molecule has 1 aromatic carbocycles. The molecule has 3 aliphatic rings. The Morgan fingerprint density at radius 1 is 1.12 bits per heavy atom. The molecule has 32 heavy (non-hydrogen) atoms. The molecule has 2 atom stereocenters. The largest absolute Gasteiger partial charge is 2.00 e. The van der Waals surface area contributed by atoms with Crippen molar-refractivity contribution in [2.24, 2.45) is 0 Å². The maximum Gasteiger partial charge on any atom is 2.00 e. The third kappa shape index (κ3) is 6.82. The summed E-state index contributed by atoms with van der Waals surface area (Å²) in [4.78, 5) is 38.2. The Balaban J connectivity index is 0.000000672. The zero-order chi connectivity index (χ0) is 22.5. The molecule has 3 heterocycles.